The quantitative estimate of drug-likeness (QED) is 0.332. The minimum Gasteiger partial charge on any atom is -0.481 e. The fourth-order valence-electron chi connectivity index (χ4n) is 3.17. The smallest absolute Gasteiger partial charge is 0.321 e. The first-order valence-electron chi connectivity index (χ1n) is 10.8. The number of thiocarbonyl (C=S) groups is 1. The van der Waals surface area contributed by atoms with Crippen molar-refractivity contribution in [1.29, 1.82) is 0 Å². The Balaban J connectivity index is 1.65. The second-order valence-electron chi connectivity index (χ2n) is 8.76. The minimum absolute atomic E-state index is 0.0167. The summed E-state index contributed by atoms with van der Waals surface area (Å²) in [6.45, 7) is 6.26. The highest BCUT2D eigenvalue weighted by Crippen LogP contribution is 2.30. The van der Waals surface area contributed by atoms with Gasteiger partial charge in [0.15, 0.2) is 10.9 Å². The molecule has 10 nitrogen and oxygen atoms in total. The second kappa shape index (κ2) is 11.4. The van der Waals surface area contributed by atoms with E-state index in [2.05, 4.69) is 62.0 Å². The molecule has 0 spiro atoms. The molecule has 2 aromatic carbocycles. The number of anilines is 2. The Kier molecular flexibility index (Phi) is 8.72. The number of amides is 1. The number of sulfonamides is 1. The summed E-state index contributed by atoms with van der Waals surface area (Å²) in [7, 11) is -1.22. The molecule has 0 aliphatic carbocycles. The summed E-state index contributed by atoms with van der Waals surface area (Å²) in [6.07, 6.45) is 0. The molecule has 1 aromatic heterocycles. The van der Waals surface area contributed by atoms with Gasteiger partial charge in [-0.25, -0.2) is 8.42 Å². The summed E-state index contributed by atoms with van der Waals surface area (Å²) in [5, 5.41) is 5.56. The van der Waals surface area contributed by atoms with Gasteiger partial charge in [-0.15, -0.1) is 0 Å². The van der Waals surface area contributed by atoms with E-state index in [0.29, 0.717) is 11.3 Å². The molecule has 13 heteroatoms. The van der Waals surface area contributed by atoms with Gasteiger partial charge < -0.3 is 14.8 Å². The van der Waals surface area contributed by atoms with Crippen molar-refractivity contribution in [1.82, 2.24) is 15.3 Å². The van der Waals surface area contributed by atoms with Gasteiger partial charge in [-0.3, -0.25) is 14.8 Å². The lowest BCUT2D eigenvalue weighted by atomic mass is 9.86. The van der Waals surface area contributed by atoms with E-state index in [1.54, 1.807) is 12.1 Å². The minimum atomic E-state index is -3.97. The Morgan fingerprint density at radius 3 is 2.24 bits per heavy atom. The number of nitrogens with one attached hydrogen (secondary N) is 3. The van der Waals surface area contributed by atoms with Gasteiger partial charge in [-0.2, -0.15) is 9.97 Å². The zero-order valence-corrected chi connectivity index (χ0v) is 24.0. The number of aromatic nitrogens is 2. The first kappa shape index (κ1) is 28.3. The number of methoxy groups -OCH3 is 2. The van der Waals surface area contributed by atoms with Crippen molar-refractivity contribution in [3.05, 3.63) is 64.1 Å². The molecule has 0 aliphatic rings. The molecule has 1 heterocycles. The number of halogens is 1. The molecular weight excluding hydrogens is 582 g/mol. The van der Waals surface area contributed by atoms with Crippen LogP contribution in [0.3, 0.4) is 0 Å². The van der Waals surface area contributed by atoms with Crippen LogP contribution in [0.1, 0.15) is 36.7 Å². The maximum absolute atomic E-state index is 12.8. The normalized spacial score (nSPS) is 11.4. The van der Waals surface area contributed by atoms with Gasteiger partial charge >= 0.3 is 6.01 Å². The van der Waals surface area contributed by atoms with Gasteiger partial charge in [0.2, 0.25) is 5.88 Å². The highest BCUT2D eigenvalue weighted by atomic mass is 79.9. The summed E-state index contributed by atoms with van der Waals surface area (Å²) in [5.74, 6) is -0.258. The number of ether oxygens (including phenoxy) is 2. The van der Waals surface area contributed by atoms with Crippen LogP contribution in [0, 0.1) is 0 Å². The molecule has 0 radical (unpaired) electrons. The highest BCUT2D eigenvalue weighted by Gasteiger charge is 2.19. The lowest BCUT2D eigenvalue weighted by Gasteiger charge is -2.21. The summed E-state index contributed by atoms with van der Waals surface area (Å²) < 4.78 is 38.8. The average Bonchev–Trinajstić information content (AvgIpc) is 2.82. The summed E-state index contributed by atoms with van der Waals surface area (Å²) in [5.41, 5.74) is 1.93. The van der Waals surface area contributed by atoms with Gasteiger partial charge in [0.05, 0.1) is 19.1 Å². The third-order valence-electron chi connectivity index (χ3n) is 5.00. The van der Waals surface area contributed by atoms with E-state index >= 15 is 0 Å². The number of hydrogen-bond donors (Lipinski definition) is 3. The second-order valence-corrected chi connectivity index (χ2v) is 11.7. The molecule has 0 aliphatic heterocycles. The van der Waals surface area contributed by atoms with Crippen LogP contribution >= 0.6 is 28.1 Å². The predicted octanol–water partition coefficient (Wildman–Crippen LogP) is 4.48. The SMILES string of the molecule is COc1cc(NS(=O)(=O)c2ccc(NC(=S)NC(=O)c3ccc(C(C)(C)C)c(Br)c3)cc2)nc(OC)n1. The zero-order valence-electron chi connectivity index (χ0n) is 20.7. The van der Waals surface area contributed by atoms with Crippen molar-refractivity contribution >= 4 is 60.7 Å². The zero-order chi connectivity index (χ0) is 27.4. The lowest BCUT2D eigenvalue weighted by molar-refractivity contribution is 0.0977. The number of rotatable bonds is 7. The summed E-state index contributed by atoms with van der Waals surface area (Å²) in [6, 6.07) is 12.5. The van der Waals surface area contributed by atoms with Crippen LogP contribution < -0.4 is 24.8 Å². The maximum Gasteiger partial charge on any atom is 0.321 e. The molecule has 0 saturated heterocycles. The largest absolute Gasteiger partial charge is 0.481 e. The third kappa shape index (κ3) is 7.37. The van der Waals surface area contributed by atoms with E-state index in [0.717, 1.165) is 10.0 Å². The van der Waals surface area contributed by atoms with Crippen LogP contribution in [0.15, 0.2) is 57.9 Å². The topological polar surface area (TPSA) is 132 Å². The van der Waals surface area contributed by atoms with Crippen LogP contribution in [0.2, 0.25) is 0 Å². The van der Waals surface area contributed by atoms with Crippen LogP contribution in [-0.4, -0.2) is 43.6 Å². The molecule has 196 valence electrons. The van der Waals surface area contributed by atoms with E-state index in [1.165, 1.54) is 44.6 Å². The molecule has 1 amide bonds. The van der Waals surface area contributed by atoms with Crippen molar-refractivity contribution in [2.75, 3.05) is 24.3 Å². The molecule has 0 atom stereocenters. The van der Waals surface area contributed by atoms with Crippen LogP contribution in [0.25, 0.3) is 0 Å². The highest BCUT2D eigenvalue weighted by molar-refractivity contribution is 9.10. The lowest BCUT2D eigenvalue weighted by Crippen LogP contribution is -2.34. The molecule has 0 bridgehead atoms. The molecule has 37 heavy (non-hydrogen) atoms. The first-order valence-corrected chi connectivity index (χ1v) is 13.5. The number of hydrogen-bond acceptors (Lipinski definition) is 8. The van der Waals surface area contributed by atoms with Crippen molar-refractivity contribution in [3.63, 3.8) is 0 Å². The van der Waals surface area contributed by atoms with Crippen molar-refractivity contribution < 1.29 is 22.7 Å². The molecular formula is C24H26BrN5O5S2. The Labute approximate surface area is 229 Å². The Bertz CT molecular complexity index is 1400. The van der Waals surface area contributed by atoms with Gasteiger partial charge in [-0.05, 0) is 59.6 Å². The van der Waals surface area contributed by atoms with E-state index < -0.39 is 10.0 Å². The standard InChI is InChI=1S/C24H26BrN5O5S2/c1-24(2,3)17-11-6-14(12-18(17)25)21(31)29-23(36)26-15-7-9-16(10-8-15)37(32,33)30-19-13-20(34-4)28-22(27-19)35-5/h6-13H,1-5H3,(H,27,28,30)(H2,26,29,31,36). The van der Waals surface area contributed by atoms with Gasteiger partial charge in [0.1, 0.15) is 0 Å². The van der Waals surface area contributed by atoms with Crippen molar-refractivity contribution in [2.24, 2.45) is 0 Å². The summed E-state index contributed by atoms with van der Waals surface area (Å²) >= 11 is 8.77. The number of nitrogens with zero attached hydrogens (tertiary/aromatic N) is 2. The Hall–Kier alpha value is -3.29. The van der Waals surface area contributed by atoms with Crippen LogP contribution in [-0.2, 0) is 15.4 Å². The fraction of sp³-hybridized carbons (Fsp3) is 0.250. The Morgan fingerprint density at radius 1 is 1.00 bits per heavy atom. The molecule has 0 unspecified atom stereocenters. The maximum atomic E-state index is 12.8. The monoisotopic (exact) mass is 607 g/mol. The number of carbonyl (C=O) groups is 1. The van der Waals surface area contributed by atoms with Crippen LogP contribution in [0.5, 0.6) is 11.9 Å². The Morgan fingerprint density at radius 2 is 1.68 bits per heavy atom. The summed E-state index contributed by atoms with van der Waals surface area (Å²) in [4.78, 5) is 20.5. The van der Waals surface area contributed by atoms with E-state index in [4.69, 9.17) is 21.7 Å². The first-order chi connectivity index (χ1) is 17.3. The third-order valence-corrected chi connectivity index (χ3v) is 7.23. The number of benzene rings is 2. The molecule has 0 fully saturated rings. The number of carbonyl (C=O) groups excluding carboxylic acids is 1. The van der Waals surface area contributed by atoms with Crippen molar-refractivity contribution in [3.8, 4) is 11.9 Å². The van der Waals surface area contributed by atoms with Gasteiger partial charge in [0.25, 0.3) is 15.9 Å². The molecule has 3 rings (SSSR count). The molecule has 0 saturated carbocycles. The van der Waals surface area contributed by atoms with Crippen LogP contribution in [0.4, 0.5) is 11.5 Å². The van der Waals surface area contributed by atoms with Gasteiger partial charge in [0, 0.05) is 21.8 Å². The van der Waals surface area contributed by atoms with E-state index in [1.807, 2.05) is 6.07 Å². The van der Waals surface area contributed by atoms with E-state index in [-0.39, 0.29) is 39.0 Å². The molecule has 3 N–H and O–H groups in total. The predicted molar refractivity (Wildman–Crippen MR) is 149 cm³/mol. The van der Waals surface area contributed by atoms with Crippen molar-refractivity contribution in [2.45, 2.75) is 31.1 Å². The molecule has 3 aromatic rings. The fourth-order valence-corrected chi connectivity index (χ4v) is 5.34. The average molecular weight is 609 g/mol. The van der Waals surface area contributed by atoms with E-state index in [9.17, 15) is 13.2 Å². The van der Waals surface area contributed by atoms with Gasteiger partial charge in [-0.1, -0.05) is 42.8 Å².